The molecule has 5 nitrogen and oxygen atoms in total. The van der Waals surface area contributed by atoms with E-state index in [1.165, 1.54) is 0 Å². The molecule has 0 radical (unpaired) electrons. The van der Waals surface area contributed by atoms with Crippen LogP contribution >= 0.6 is 0 Å². The standard InChI is InChI=1S/C26H24N4O/c1-3-21-25(19-12-14-20(31-2)15-13-19)26-28-23(18-9-5-4-6-10-18)17-24(30(26)29-21)22-11-7-8-16-27-22/h4-16,24H,3,17H2,1-2H3/t24-/m1/s1. The van der Waals surface area contributed by atoms with Gasteiger partial charge in [-0.05, 0) is 41.8 Å². The highest BCUT2D eigenvalue weighted by Crippen LogP contribution is 2.42. The number of hydrogen-bond donors (Lipinski definition) is 0. The predicted octanol–water partition coefficient (Wildman–Crippen LogP) is 5.63. The van der Waals surface area contributed by atoms with E-state index in [1.54, 1.807) is 7.11 Å². The number of pyridine rings is 1. The summed E-state index contributed by atoms with van der Waals surface area (Å²) in [6.07, 6.45) is 3.42. The topological polar surface area (TPSA) is 52.3 Å². The number of aryl methyl sites for hydroxylation is 1. The lowest BCUT2D eigenvalue weighted by Gasteiger charge is -2.24. The first-order chi connectivity index (χ1) is 15.3. The van der Waals surface area contributed by atoms with Gasteiger partial charge in [0, 0.05) is 18.2 Å². The van der Waals surface area contributed by atoms with Gasteiger partial charge in [-0.15, -0.1) is 0 Å². The maximum absolute atomic E-state index is 5.35. The van der Waals surface area contributed by atoms with Crippen molar-refractivity contribution in [2.45, 2.75) is 25.8 Å². The largest absolute Gasteiger partial charge is 0.497 e. The zero-order chi connectivity index (χ0) is 21.2. The van der Waals surface area contributed by atoms with E-state index in [0.29, 0.717) is 0 Å². The van der Waals surface area contributed by atoms with Gasteiger partial charge in [0.25, 0.3) is 0 Å². The lowest BCUT2D eigenvalue weighted by atomic mass is 9.97. The molecule has 0 saturated heterocycles. The molecule has 31 heavy (non-hydrogen) atoms. The molecular weight excluding hydrogens is 384 g/mol. The average molecular weight is 409 g/mol. The summed E-state index contributed by atoms with van der Waals surface area (Å²) in [7, 11) is 1.68. The molecule has 0 aliphatic carbocycles. The quantitative estimate of drug-likeness (QED) is 0.430. The van der Waals surface area contributed by atoms with Gasteiger partial charge in [0.1, 0.15) is 11.8 Å². The van der Waals surface area contributed by atoms with E-state index in [0.717, 1.165) is 58.2 Å². The molecular formula is C26H24N4O. The van der Waals surface area contributed by atoms with Crippen LogP contribution in [0.5, 0.6) is 5.75 Å². The molecule has 2 aromatic heterocycles. The van der Waals surface area contributed by atoms with E-state index in [4.69, 9.17) is 14.8 Å². The van der Waals surface area contributed by atoms with E-state index >= 15 is 0 Å². The average Bonchev–Trinajstić information content (AvgIpc) is 3.23. The second-order valence-electron chi connectivity index (χ2n) is 7.57. The van der Waals surface area contributed by atoms with Gasteiger partial charge in [0.2, 0.25) is 0 Å². The van der Waals surface area contributed by atoms with Crippen LogP contribution in [0.2, 0.25) is 0 Å². The van der Waals surface area contributed by atoms with E-state index in [-0.39, 0.29) is 6.04 Å². The van der Waals surface area contributed by atoms with Crippen LogP contribution < -0.4 is 4.74 Å². The van der Waals surface area contributed by atoms with Gasteiger partial charge in [-0.25, -0.2) is 9.67 Å². The van der Waals surface area contributed by atoms with Gasteiger partial charge >= 0.3 is 0 Å². The lowest BCUT2D eigenvalue weighted by molar-refractivity contribution is 0.415. The Morgan fingerprint density at radius 3 is 2.39 bits per heavy atom. The SMILES string of the molecule is CCc1nn2c(c1-c1ccc(OC)cc1)N=C(c1ccccc1)C[C@@H]2c1ccccn1. The first-order valence-electron chi connectivity index (χ1n) is 10.6. The zero-order valence-corrected chi connectivity index (χ0v) is 17.7. The second kappa shape index (κ2) is 8.19. The Morgan fingerprint density at radius 1 is 0.935 bits per heavy atom. The molecule has 5 heteroatoms. The summed E-state index contributed by atoms with van der Waals surface area (Å²) in [4.78, 5) is 9.79. The molecule has 1 aliphatic rings. The molecule has 0 spiro atoms. The van der Waals surface area contributed by atoms with Crippen molar-refractivity contribution in [2.75, 3.05) is 7.11 Å². The van der Waals surface area contributed by atoms with Gasteiger partial charge in [-0.3, -0.25) is 4.98 Å². The van der Waals surface area contributed by atoms with Gasteiger partial charge in [0.05, 0.1) is 24.2 Å². The van der Waals surface area contributed by atoms with Crippen LogP contribution in [0.4, 0.5) is 5.82 Å². The Bertz CT molecular complexity index is 1210. The van der Waals surface area contributed by atoms with Crippen molar-refractivity contribution >= 4 is 11.5 Å². The second-order valence-corrected chi connectivity index (χ2v) is 7.57. The molecule has 0 saturated carbocycles. The Labute approximate surface area is 182 Å². The molecule has 154 valence electrons. The number of benzene rings is 2. The highest BCUT2D eigenvalue weighted by Gasteiger charge is 2.30. The minimum Gasteiger partial charge on any atom is -0.497 e. The van der Waals surface area contributed by atoms with Gasteiger partial charge in [-0.1, -0.05) is 55.5 Å². The number of nitrogens with zero attached hydrogens (tertiary/aromatic N) is 4. The number of aliphatic imine (C=N–C) groups is 1. The monoisotopic (exact) mass is 408 g/mol. The summed E-state index contributed by atoms with van der Waals surface area (Å²) in [5, 5.41) is 5.01. The van der Waals surface area contributed by atoms with Crippen molar-refractivity contribution in [1.82, 2.24) is 14.8 Å². The molecule has 0 bridgehead atoms. The highest BCUT2D eigenvalue weighted by molar-refractivity contribution is 6.04. The number of rotatable bonds is 5. The van der Waals surface area contributed by atoms with Crippen LogP contribution in [0, 0.1) is 0 Å². The van der Waals surface area contributed by atoms with Gasteiger partial charge < -0.3 is 4.74 Å². The summed E-state index contributed by atoms with van der Waals surface area (Å²) in [6, 6.07) is 24.6. The number of fused-ring (bicyclic) bond motifs is 1. The Hall–Kier alpha value is -3.73. The van der Waals surface area contributed by atoms with Gasteiger partial charge in [0.15, 0.2) is 5.82 Å². The third-order valence-corrected chi connectivity index (χ3v) is 5.73. The summed E-state index contributed by atoms with van der Waals surface area (Å²) >= 11 is 0. The van der Waals surface area contributed by atoms with E-state index in [9.17, 15) is 0 Å². The minimum atomic E-state index is 0.00112. The van der Waals surface area contributed by atoms with Crippen LogP contribution in [0.15, 0.2) is 84.0 Å². The van der Waals surface area contributed by atoms with Crippen LogP contribution in [-0.4, -0.2) is 27.6 Å². The zero-order valence-electron chi connectivity index (χ0n) is 17.7. The number of aromatic nitrogens is 3. The highest BCUT2D eigenvalue weighted by atomic mass is 16.5. The molecule has 0 amide bonds. The molecule has 2 aromatic carbocycles. The van der Waals surface area contributed by atoms with E-state index in [2.05, 4.69) is 59.1 Å². The fourth-order valence-electron chi connectivity index (χ4n) is 4.16. The molecule has 5 rings (SSSR count). The summed E-state index contributed by atoms with van der Waals surface area (Å²) in [5.74, 6) is 1.73. The van der Waals surface area contributed by atoms with Crippen LogP contribution in [0.25, 0.3) is 11.1 Å². The van der Waals surface area contributed by atoms with Crippen LogP contribution in [-0.2, 0) is 6.42 Å². The van der Waals surface area contributed by atoms with Crippen LogP contribution in [0.1, 0.15) is 36.3 Å². The molecule has 0 unspecified atom stereocenters. The third kappa shape index (κ3) is 3.52. The predicted molar refractivity (Wildman–Crippen MR) is 123 cm³/mol. The van der Waals surface area contributed by atoms with Crippen molar-refractivity contribution < 1.29 is 4.74 Å². The fourth-order valence-corrected chi connectivity index (χ4v) is 4.16. The number of hydrogen-bond acceptors (Lipinski definition) is 4. The summed E-state index contributed by atoms with van der Waals surface area (Å²) < 4.78 is 7.41. The molecule has 1 aliphatic heterocycles. The lowest BCUT2D eigenvalue weighted by Crippen LogP contribution is -2.22. The summed E-state index contributed by atoms with van der Waals surface area (Å²) in [6.45, 7) is 2.14. The van der Waals surface area contributed by atoms with E-state index in [1.807, 2.05) is 36.5 Å². The van der Waals surface area contributed by atoms with Crippen molar-refractivity contribution in [3.63, 3.8) is 0 Å². The maximum Gasteiger partial charge on any atom is 0.159 e. The minimum absolute atomic E-state index is 0.00112. The Balaban J connectivity index is 1.72. The third-order valence-electron chi connectivity index (χ3n) is 5.73. The van der Waals surface area contributed by atoms with Gasteiger partial charge in [-0.2, -0.15) is 5.10 Å². The van der Waals surface area contributed by atoms with Crippen molar-refractivity contribution in [3.05, 3.63) is 95.9 Å². The van der Waals surface area contributed by atoms with Crippen LogP contribution in [0.3, 0.4) is 0 Å². The van der Waals surface area contributed by atoms with E-state index < -0.39 is 0 Å². The molecule has 0 fully saturated rings. The number of methoxy groups -OCH3 is 1. The fraction of sp³-hybridized carbons (Fsp3) is 0.192. The molecule has 3 heterocycles. The van der Waals surface area contributed by atoms with Crippen molar-refractivity contribution in [1.29, 1.82) is 0 Å². The first kappa shape index (κ1) is 19.2. The smallest absolute Gasteiger partial charge is 0.159 e. The normalized spacial score (nSPS) is 15.3. The summed E-state index contributed by atoms with van der Waals surface area (Å²) in [5.41, 5.74) is 6.41. The Kier molecular flexibility index (Phi) is 5.08. The molecule has 4 aromatic rings. The van der Waals surface area contributed by atoms with Crippen molar-refractivity contribution in [3.8, 4) is 16.9 Å². The maximum atomic E-state index is 5.35. The molecule has 1 atom stereocenters. The molecule has 0 N–H and O–H groups in total. The Morgan fingerprint density at radius 2 is 1.71 bits per heavy atom. The van der Waals surface area contributed by atoms with Crippen molar-refractivity contribution in [2.24, 2.45) is 4.99 Å². The number of ether oxygens (including phenoxy) is 1. The first-order valence-corrected chi connectivity index (χ1v) is 10.6.